The van der Waals surface area contributed by atoms with Gasteiger partial charge in [-0.25, -0.2) is 23.7 Å². The van der Waals surface area contributed by atoms with Crippen LogP contribution in [0.25, 0.3) is 83.9 Å². The number of nitrogens with zero attached hydrogens (tertiary/aromatic N) is 4. The molecule has 0 amide bonds. The molecule has 0 unspecified atom stereocenters. The molecule has 0 fully saturated rings. The van der Waals surface area contributed by atoms with Crippen molar-refractivity contribution in [3.63, 3.8) is 0 Å². The minimum Gasteiger partial charge on any atom is -0.309 e. The number of rotatable bonds is 6. The van der Waals surface area contributed by atoms with Gasteiger partial charge in [-0.15, -0.1) is 0 Å². The Morgan fingerprint density at radius 3 is 1.73 bits per heavy atom. The lowest BCUT2D eigenvalue weighted by Gasteiger charge is -2.16. The number of fused-ring (bicyclic) bond motifs is 3. The van der Waals surface area contributed by atoms with Crippen LogP contribution in [-0.4, -0.2) is 19.5 Å². The summed E-state index contributed by atoms with van der Waals surface area (Å²) in [5, 5.41) is 2.18. The Balaban J connectivity index is 1.35. The molecule has 0 saturated carbocycles. The van der Waals surface area contributed by atoms with Crippen LogP contribution in [0, 0.1) is 18.6 Å². The first kappa shape index (κ1) is 31.2. The second kappa shape index (κ2) is 12.8. The zero-order valence-corrected chi connectivity index (χ0v) is 28.1. The third kappa shape index (κ3) is 5.42. The molecule has 248 valence electrons. The average molecular weight is 677 g/mol. The molecule has 52 heavy (non-hydrogen) atoms. The van der Waals surface area contributed by atoms with E-state index < -0.39 is 11.6 Å². The van der Waals surface area contributed by atoms with Crippen molar-refractivity contribution in [2.75, 3.05) is 0 Å². The van der Waals surface area contributed by atoms with Gasteiger partial charge < -0.3 is 4.57 Å². The first-order valence-corrected chi connectivity index (χ1v) is 17.1. The Morgan fingerprint density at radius 1 is 0.423 bits per heavy atom. The molecule has 9 aromatic rings. The normalized spacial score (nSPS) is 11.4. The molecule has 0 N–H and O–H groups in total. The molecule has 0 aliphatic rings. The molecule has 0 aliphatic carbocycles. The summed E-state index contributed by atoms with van der Waals surface area (Å²) in [7, 11) is 0. The maximum atomic E-state index is 15.4. The second-order valence-electron chi connectivity index (χ2n) is 12.8. The third-order valence-electron chi connectivity index (χ3n) is 9.57. The van der Waals surface area contributed by atoms with Crippen molar-refractivity contribution >= 4 is 21.8 Å². The fourth-order valence-corrected chi connectivity index (χ4v) is 7.03. The molecule has 9 rings (SSSR count). The van der Waals surface area contributed by atoms with Crippen molar-refractivity contribution in [3.8, 4) is 62.1 Å². The molecule has 2 heterocycles. The number of hydrogen-bond acceptors (Lipinski definition) is 3. The quantitative estimate of drug-likeness (QED) is 0.176. The van der Waals surface area contributed by atoms with E-state index in [2.05, 4.69) is 66.1 Å². The van der Waals surface area contributed by atoms with Gasteiger partial charge in [0.2, 0.25) is 0 Å². The van der Waals surface area contributed by atoms with E-state index in [0.29, 0.717) is 28.6 Å². The van der Waals surface area contributed by atoms with Crippen LogP contribution in [-0.2, 0) is 0 Å². The van der Waals surface area contributed by atoms with Crippen LogP contribution >= 0.6 is 0 Å². The molecule has 4 nitrogen and oxygen atoms in total. The Bertz CT molecular complexity index is 2720. The highest BCUT2D eigenvalue weighted by atomic mass is 19.2. The zero-order valence-electron chi connectivity index (χ0n) is 28.1. The fourth-order valence-electron chi connectivity index (χ4n) is 7.03. The summed E-state index contributed by atoms with van der Waals surface area (Å²) in [6.07, 6.45) is 0. The summed E-state index contributed by atoms with van der Waals surface area (Å²) in [4.78, 5) is 15.0. The van der Waals surface area contributed by atoms with Crippen molar-refractivity contribution in [2.45, 2.75) is 6.92 Å². The molecular weight excluding hydrogens is 647 g/mol. The van der Waals surface area contributed by atoms with E-state index in [0.717, 1.165) is 50.2 Å². The van der Waals surface area contributed by atoms with Crippen molar-refractivity contribution < 1.29 is 8.78 Å². The second-order valence-corrected chi connectivity index (χ2v) is 12.8. The van der Waals surface area contributed by atoms with Gasteiger partial charge in [0.25, 0.3) is 0 Å². The maximum absolute atomic E-state index is 15.4. The third-order valence-corrected chi connectivity index (χ3v) is 9.57. The minimum atomic E-state index is -0.910. The molecule has 0 aliphatic heterocycles. The van der Waals surface area contributed by atoms with Gasteiger partial charge >= 0.3 is 0 Å². The van der Waals surface area contributed by atoms with Crippen LogP contribution in [0.4, 0.5) is 8.78 Å². The van der Waals surface area contributed by atoms with Crippen LogP contribution in [0.1, 0.15) is 5.56 Å². The SMILES string of the molecule is Cc1ccccc1-c1ccc2c(c1)c1ccccc1n2-c1ccc(-c2cccc(F)c2F)cc1-c1nc(-c2ccccc2)nc(-c2ccccc2)n1. The molecule has 6 heteroatoms. The maximum Gasteiger partial charge on any atom is 0.166 e. The zero-order chi connectivity index (χ0) is 35.2. The summed E-state index contributed by atoms with van der Waals surface area (Å²) in [5.41, 5.74) is 9.24. The van der Waals surface area contributed by atoms with E-state index in [-0.39, 0.29) is 5.56 Å². The molecule has 0 saturated heterocycles. The molecule has 0 atom stereocenters. The Labute approximate surface area is 299 Å². The van der Waals surface area contributed by atoms with Crippen molar-refractivity contribution in [2.24, 2.45) is 0 Å². The van der Waals surface area contributed by atoms with E-state index >= 15 is 4.39 Å². The Hall–Kier alpha value is -6.79. The van der Waals surface area contributed by atoms with Crippen molar-refractivity contribution in [1.82, 2.24) is 19.5 Å². The van der Waals surface area contributed by atoms with Crippen LogP contribution in [0.2, 0.25) is 0 Å². The number of hydrogen-bond donors (Lipinski definition) is 0. The fraction of sp³-hybridized carbons (Fsp3) is 0.0217. The lowest BCUT2D eigenvalue weighted by atomic mass is 9.99. The highest BCUT2D eigenvalue weighted by Gasteiger charge is 2.22. The van der Waals surface area contributed by atoms with Crippen LogP contribution in [0.3, 0.4) is 0 Å². The lowest BCUT2D eigenvalue weighted by Crippen LogP contribution is -2.04. The predicted octanol–water partition coefficient (Wildman–Crippen LogP) is 11.9. The first-order valence-electron chi connectivity index (χ1n) is 17.1. The Kier molecular flexibility index (Phi) is 7.70. The number of aryl methyl sites for hydroxylation is 1. The van der Waals surface area contributed by atoms with Gasteiger partial charge in [0.15, 0.2) is 29.1 Å². The van der Waals surface area contributed by atoms with Gasteiger partial charge in [0.1, 0.15) is 0 Å². The average Bonchev–Trinajstić information content (AvgIpc) is 3.53. The Morgan fingerprint density at radius 2 is 1.00 bits per heavy atom. The van der Waals surface area contributed by atoms with Crippen LogP contribution in [0.15, 0.2) is 164 Å². The summed E-state index contributed by atoms with van der Waals surface area (Å²) < 4.78 is 32.2. The summed E-state index contributed by atoms with van der Waals surface area (Å²) in [6, 6.07) is 52.7. The molecule has 0 spiro atoms. The predicted molar refractivity (Wildman–Crippen MR) is 206 cm³/mol. The molecule has 0 bridgehead atoms. The largest absolute Gasteiger partial charge is 0.309 e. The lowest BCUT2D eigenvalue weighted by molar-refractivity contribution is 0.511. The first-order chi connectivity index (χ1) is 25.5. The van der Waals surface area contributed by atoms with Gasteiger partial charge in [0, 0.05) is 33.0 Å². The molecular formula is C46H30F2N4. The van der Waals surface area contributed by atoms with Crippen LogP contribution < -0.4 is 0 Å². The van der Waals surface area contributed by atoms with Gasteiger partial charge in [-0.3, -0.25) is 0 Å². The van der Waals surface area contributed by atoms with E-state index in [1.807, 2.05) is 91.0 Å². The van der Waals surface area contributed by atoms with Gasteiger partial charge in [-0.1, -0.05) is 127 Å². The van der Waals surface area contributed by atoms with E-state index in [9.17, 15) is 4.39 Å². The monoisotopic (exact) mass is 676 g/mol. The highest BCUT2D eigenvalue weighted by Crippen LogP contribution is 2.40. The standard InChI is InChI=1S/C46H30F2N4/c1-29-13-8-9-18-34(29)32-23-25-41-37(27-32)36-19-10-11-22-40(36)52(41)42-26-24-33(35-20-12-21-39(47)43(35)48)28-38(42)46-50-44(30-14-4-2-5-15-30)49-45(51-46)31-16-6-3-7-17-31/h2-28H,1H3. The number of halogens is 2. The smallest absolute Gasteiger partial charge is 0.166 e. The van der Waals surface area contributed by atoms with E-state index in [1.165, 1.54) is 17.2 Å². The summed E-state index contributed by atoms with van der Waals surface area (Å²) in [5.74, 6) is -0.408. The molecule has 2 aromatic heterocycles. The number of aromatic nitrogens is 4. The van der Waals surface area contributed by atoms with Crippen molar-refractivity contribution in [1.29, 1.82) is 0 Å². The summed E-state index contributed by atoms with van der Waals surface area (Å²) >= 11 is 0. The number of para-hydroxylation sites is 1. The topological polar surface area (TPSA) is 43.6 Å². The van der Waals surface area contributed by atoms with Crippen molar-refractivity contribution in [3.05, 3.63) is 181 Å². The van der Waals surface area contributed by atoms with E-state index in [4.69, 9.17) is 15.0 Å². The highest BCUT2D eigenvalue weighted by molar-refractivity contribution is 6.11. The van der Waals surface area contributed by atoms with Gasteiger partial charge in [0.05, 0.1) is 16.7 Å². The molecule has 0 radical (unpaired) electrons. The van der Waals surface area contributed by atoms with E-state index in [1.54, 1.807) is 6.07 Å². The van der Waals surface area contributed by atoms with Crippen LogP contribution in [0.5, 0.6) is 0 Å². The minimum absolute atomic E-state index is 0.151. The molecule has 7 aromatic carbocycles. The number of benzene rings is 7. The van der Waals surface area contributed by atoms with Gasteiger partial charge in [-0.05, 0) is 65.6 Å². The van der Waals surface area contributed by atoms with Gasteiger partial charge in [-0.2, -0.15) is 0 Å². The summed E-state index contributed by atoms with van der Waals surface area (Å²) in [6.45, 7) is 2.13.